The summed E-state index contributed by atoms with van der Waals surface area (Å²) < 4.78 is 24.4. The fourth-order valence-electron chi connectivity index (χ4n) is 4.05. The third kappa shape index (κ3) is 9.71. The molecule has 0 fully saturated rings. The predicted molar refractivity (Wildman–Crippen MR) is 137 cm³/mol. The van der Waals surface area contributed by atoms with Gasteiger partial charge in [-0.1, -0.05) is 25.1 Å². The Morgan fingerprint density at radius 1 is 0.763 bits per heavy atom. The molecule has 2 unspecified atom stereocenters. The van der Waals surface area contributed by atoms with Crippen molar-refractivity contribution in [1.29, 1.82) is 0 Å². The second kappa shape index (κ2) is 14.9. The largest absolute Gasteiger partial charge is 2.00 e. The number of aromatic hydroxyl groups is 2. The van der Waals surface area contributed by atoms with Crippen LogP contribution in [0.25, 0.3) is 0 Å². The first kappa shape index (κ1) is 34.7. The zero-order chi connectivity index (χ0) is 28.0. The van der Waals surface area contributed by atoms with Gasteiger partial charge in [0.05, 0.1) is 13.2 Å². The van der Waals surface area contributed by atoms with Gasteiger partial charge in [0.15, 0.2) is 0 Å². The van der Waals surface area contributed by atoms with E-state index in [0.717, 1.165) is 0 Å². The number of phenolic OH excluding ortho intramolecular Hbond substituents is 2. The second-order valence-electron chi connectivity index (χ2n) is 8.88. The van der Waals surface area contributed by atoms with Gasteiger partial charge in [-0.05, 0) is 42.7 Å². The molecule has 0 aliphatic carbocycles. The van der Waals surface area contributed by atoms with Gasteiger partial charge in [0, 0.05) is 37.3 Å². The number of benzene rings is 2. The van der Waals surface area contributed by atoms with Crippen molar-refractivity contribution in [2.45, 2.75) is 58.1 Å². The zero-order valence-corrected chi connectivity index (χ0v) is 24.0. The van der Waals surface area contributed by atoms with Crippen LogP contribution in [0.3, 0.4) is 0 Å². The summed E-state index contributed by atoms with van der Waals surface area (Å²) in [7, 11) is -9.27. The average molecular weight is 618 g/mol. The maximum atomic E-state index is 12.3. The Morgan fingerprint density at radius 3 is 1.79 bits per heavy atom. The Kier molecular flexibility index (Phi) is 13.6. The summed E-state index contributed by atoms with van der Waals surface area (Å²) in [5, 5.41) is 39.4. The van der Waals surface area contributed by atoms with Gasteiger partial charge in [-0.3, -0.25) is 18.9 Å². The summed E-state index contributed by atoms with van der Waals surface area (Å²) in [6, 6.07) is 8.85. The van der Waals surface area contributed by atoms with E-state index in [-0.39, 0.29) is 74.4 Å². The minimum absolute atomic E-state index is 0. The zero-order valence-electron chi connectivity index (χ0n) is 21.1. The first-order chi connectivity index (χ1) is 17.2. The molecule has 0 aliphatic heterocycles. The standard InChI is InChI=1S/C23H36N2O10P2.Fe/c1-3-23(37(33,34)35)25(13-20-10-17(14-26)5-7-21(20)28)9-8-24(16(2)36(30,31)32)12-19-6-4-18(15-27)11-22(19)29;/h4-7,10-11,16,23,26-29H,3,8-9,12-15H2,1-2H3,(H2,30,31,32)(H2,33,34,35);/q;+2. The van der Waals surface area contributed by atoms with Crippen molar-refractivity contribution in [3.8, 4) is 11.5 Å². The minimum atomic E-state index is -4.64. The van der Waals surface area contributed by atoms with E-state index in [1.54, 1.807) is 13.0 Å². The van der Waals surface area contributed by atoms with Crippen LogP contribution in [0.5, 0.6) is 11.5 Å². The molecule has 0 saturated carbocycles. The van der Waals surface area contributed by atoms with Crippen molar-refractivity contribution in [3.05, 3.63) is 58.7 Å². The van der Waals surface area contributed by atoms with Crippen molar-refractivity contribution in [1.82, 2.24) is 9.80 Å². The van der Waals surface area contributed by atoms with E-state index in [0.29, 0.717) is 22.3 Å². The maximum absolute atomic E-state index is 12.3. The molecule has 2 aromatic carbocycles. The molecule has 0 heterocycles. The molecule has 0 bridgehead atoms. The number of nitrogens with zero attached hydrogens (tertiary/aromatic N) is 2. The van der Waals surface area contributed by atoms with Gasteiger partial charge in [0.1, 0.15) is 23.1 Å². The van der Waals surface area contributed by atoms with Crippen LogP contribution in [-0.4, -0.2) is 74.5 Å². The van der Waals surface area contributed by atoms with Gasteiger partial charge in [0.25, 0.3) is 0 Å². The maximum Gasteiger partial charge on any atom is 2.00 e. The minimum Gasteiger partial charge on any atom is -0.508 e. The van der Waals surface area contributed by atoms with E-state index >= 15 is 0 Å². The molecule has 0 aliphatic rings. The van der Waals surface area contributed by atoms with Crippen LogP contribution in [0.15, 0.2) is 36.4 Å². The summed E-state index contributed by atoms with van der Waals surface area (Å²) in [5.74, 6) is -2.82. The predicted octanol–water partition coefficient (Wildman–Crippen LogP) is 1.82. The molecular weight excluding hydrogens is 582 g/mol. The summed E-state index contributed by atoms with van der Waals surface area (Å²) in [5.41, 5.74) is 1.62. The fraction of sp³-hybridized carbons (Fsp3) is 0.478. The number of aliphatic hydroxyl groups excluding tert-OH is 2. The third-order valence-electron chi connectivity index (χ3n) is 6.27. The number of phenols is 2. The van der Waals surface area contributed by atoms with E-state index in [1.807, 2.05) is 0 Å². The van der Waals surface area contributed by atoms with Crippen molar-refractivity contribution in [2.75, 3.05) is 13.1 Å². The van der Waals surface area contributed by atoms with E-state index in [1.165, 1.54) is 47.1 Å². The van der Waals surface area contributed by atoms with Crippen molar-refractivity contribution in [3.63, 3.8) is 0 Å². The monoisotopic (exact) mass is 618 g/mol. The van der Waals surface area contributed by atoms with Crippen LogP contribution >= 0.6 is 15.2 Å². The van der Waals surface area contributed by atoms with Crippen LogP contribution in [0.2, 0.25) is 0 Å². The Hall–Kier alpha value is -1.30. The summed E-state index contributed by atoms with van der Waals surface area (Å²) >= 11 is 0. The Bertz CT molecular complexity index is 1140. The SMILES string of the molecule is CCC(N(CCN(Cc1ccc(CO)cc1O)C(C)P(=O)(O)O)Cc1cc(CO)ccc1O)P(=O)(O)O.[Fe+2]. The van der Waals surface area contributed by atoms with Gasteiger partial charge >= 0.3 is 32.3 Å². The van der Waals surface area contributed by atoms with Crippen molar-refractivity contribution in [2.24, 2.45) is 0 Å². The molecule has 214 valence electrons. The van der Waals surface area contributed by atoms with Crippen LogP contribution in [-0.2, 0) is 52.5 Å². The number of aliphatic hydroxyl groups is 2. The molecule has 0 amide bonds. The number of hydrogen-bond donors (Lipinski definition) is 8. The average Bonchev–Trinajstić information content (AvgIpc) is 2.82. The topological polar surface area (TPSA) is 202 Å². The van der Waals surface area contributed by atoms with Crippen LogP contribution in [0.1, 0.15) is 42.5 Å². The van der Waals surface area contributed by atoms with Gasteiger partial charge < -0.3 is 40.0 Å². The summed E-state index contributed by atoms with van der Waals surface area (Å²) in [6.45, 7) is 2.04. The third-order valence-corrected chi connectivity index (χ3v) is 9.04. The van der Waals surface area contributed by atoms with Crippen LogP contribution < -0.4 is 0 Å². The van der Waals surface area contributed by atoms with E-state index in [4.69, 9.17) is 0 Å². The molecule has 0 radical (unpaired) electrons. The molecule has 0 spiro atoms. The van der Waals surface area contributed by atoms with Crippen LogP contribution in [0.4, 0.5) is 0 Å². The van der Waals surface area contributed by atoms with E-state index in [9.17, 15) is 49.1 Å². The smallest absolute Gasteiger partial charge is 0.508 e. The Labute approximate surface area is 232 Å². The Morgan fingerprint density at radius 2 is 1.29 bits per heavy atom. The van der Waals surface area contributed by atoms with Crippen molar-refractivity contribution >= 4 is 15.2 Å². The van der Waals surface area contributed by atoms with Crippen molar-refractivity contribution < 1.29 is 66.2 Å². The van der Waals surface area contributed by atoms with Gasteiger partial charge in [-0.2, -0.15) is 0 Å². The summed E-state index contributed by atoms with van der Waals surface area (Å²) in [4.78, 5) is 42.5. The first-order valence-corrected chi connectivity index (χ1v) is 15.0. The van der Waals surface area contributed by atoms with E-state index in [2.05, 4.69) is 0 Å². The normalized spacial score (nSPS) is 13.9. The molecule has 15 heteroatoms. The fourth-order valence-corrected chi connectivity index (χ4v) is 5.77. The molecular formula is C23H36FeN2O10P2+2. The number of hydrogen-bond acceptors (Lipinski definition) is 8. The summed E-state index contributed by atoms with van der Waals surface area (Å²) in [6.07, 6.45) is 0.0577. The molecule has 2 atom stereocenters. The molecule has 2 aromatic rings. The molecule has 38 heavy (non-hydrogen) atoms. The van der Waals surface area contributed by atoms with E-state index < -0.39 is 26.8 Å². The number of rotatable bonds is 14. The molecule has 12 nitrogen and oxygen atoms in total. The van der Waals surface area contributed by atoms with Crippen LogP contribution in [0, 0.1) is 0 Å². The molecule has 0 saturated heterocycles. The van der Waals surface area contributed by atoms with Gasteiger partial charge in [-0.15, -0.1) is 0 Å². The van der Waals surface area contributed by atoms with Gasteiger partial charge in [-0.25, -0.2) is 0 Å². The molecule has 8 N–H and O–H groups in total. The Balaban J connectivity index is 0.00000722. The molecule has 2 rings (SSSR count). The molecule has 0 aromatic heterocycles. The quantitative estimate of drug-likeness (QED) is 0.113. The second-order valence-corrected chi connectivity index (χ2v) is 12.6. The first-order valence-electron chi connectivity index (χ1n) is 11.6. The van der Waals surface area contributed by atoms with Gasteiger partial charge in [0.2, 0.25) is 0 Å².